The summed E-state index contributed by atoms with van der Waals surface area (Å²) < 4.78 is 32.3. The van der Waals surface area contributed by atoms with Gasteiger partial charge in [-0.05, 0) is 18.2 Å². The third-order valence-corrected chi connectivity index (χ3v) is 2.65. The molecule has 0 spiro atoms. The molecule has 1 aromatic heterocycles. The number of halogens is 2. The van der Waals surface area contributed by atoms with E-state index in [-0.39, 0.29) is 5.75 Å². The van der Waals surface area contributed by atoms with E-state index in [2.05, 4.69) is 10.4 Å². The maximum Gasteiger partial charge on any atom is 0.149 e. The van der Waals surface area contributed by atoms with Gasteiger partial charge in [-0.25, -0.2) is 18.8 Å². The van der Waals surface area contributed by atoms with Crippen molar-refractivity contribution >= 4 is 5.82 Å². The van der Waals surface area contributed by atoms with Crippen molar-refractivity contribution in [3.63, 3.8) is 0 Å². The molecule has 0 aliphatic carbocycles. The predicted molar refractivity (Wildman–Crippen MR) is 73.5 cm³/mol. The van der Waals surface area contributed by atoms with E-state index in [1.54, 1.807) is 25.2 Å². The Morgan fingerprint density at radius 1 is 1.15 bits per heavy atom. The first-order chi connectivity index (χ1) is 9.51. The fourth-order valence-electron chi connectivity index (χ4n) is 1.82. The van der Waals surface area contributed by atoms with E-state index in [4.69, 9.17) is 4.74 Å². The highest BCUT2D eigenvalue weighted by molar-refractivity contribution is 5.72. The Balaban J connectivity index is 2.51. The molecule has 2 rings (SSSR count). The Labute approximate surface area is 116 Å². The lowest BCUT2D eigenvalue weighted by Crippen LogP contribution is -2.20. The molecule has 0 aliphatic heterocycles. The molecule has 0 fully saturated rings. The van der Waals surface area contributed by atoms with Gasteiger partial charge in [0.1, 0.15) is 23.2 Å². The highest BCUT2D eigenvalue weighted by Gasteiger charge is 2.13. The standard InChI is InChI=1S/C14H15F2N3O/c1-19(2)18-14-7-11(12(16)8-17-14)10-5-4-9(15)6-13(10)20-3/h4-8H,1-3H3,(H,17,18). The van der Waals surface area contributed by atoms with Crippen molar-refractivity contribution in [3.05, 3.63) is 42.1 Å². The molecule has 0 unspecified atom stereocenters. The van der Waals surface area contributed by atoms with Crippen molar-refractivity contribution in [3.8, 4) is 16.9 Å². The van der Waals surface area contributed by atoms with Crippen LogP contribution in [0, 0.1) is 11.6 Å². The van der Waals surface area contributed by atoms with Gasteiger partial charge in [-0.2, -0.15) is 0 Å². The van der Waals surface area contributed by atoms with Crippen molar-refractivity contribution < 1.29 is 13.5 Å². The monoisotopic (exact) mass is 279 g/mol. The van der Waals surface area contributed by atoms with Crippen LogP contribution >= 0.6 is 0 Å². The molecule has 106 valence electrons. The van der Waals surface area contributed by atoms with Crippen LogP contribution in [0.2, 0.25) is 0 Å². The Kier molecular flexibility index (Phi) is 4.14. The van der Waals surface area contributed by atoms with E-state index < -0.39 is 11.6 Å². The zero-order chi connectivity index (χ0) is 14.7. The molecule has 0 amide bonds. The predicted octanol–water partition coefficient (Wildman–Crippen LogP) is 2.92. The zero-order valence-corrected chi connectivity index (χ0v) is 11.4. The van der Waals surface area contributed by atoms with Crippen LogP contribution in [0.1, 0.15) is 0 Å². The molecule has 0 aliphatic rings. The third kappa shape index (κ3) is 3.03. The van der Waals surface area contributed by atoms with Gasteiger partial charge in [-0.3, -0.25) is 0 Å². The van der Waals surface area contributed by atoms with E-state index in [9.17, 15) is 8.78 Å². The zero-order valence-electron chi connectivity index (χ0n) is 11.4. The van der Waals surface area contributed by atoms with Gasteiger partial charge in [-0.15, -0.1) is 0 Å². The Morgan fingerprint density at radius 3 is 2.55 bits per heavy atom. The second-order valence-corrected chi connectivity index (χ2v) is 4.40. The quantitative estimate of drug-likeness (QED) is 0.873. The molecule has 0 saturated carbocycles. The number of hydrogen-bond acceptors (Lipinski definition) is 4. The summed E-state index contributed by atoms with van der Waals surface area (Å²) in [6, 6.07) is 5.50. The number of ether oxygens (including phenoxy) is 1. The van der Waals surface area contributed by atoms with Gasteiger partial charge in [-0.1, -0.05) is 0 Å². The normalized spacial score (nSPS) is 10.7. The Morgan fingerprint density at radius 2 is 1.90 bits per heavy atom. The number of hydrogen-bond donors (Lipinski definition) is 1. The van der Waals surface area contributed by atoms with Crippen LogP contribution in [0.15, 0.2) is 30.5 Å². The molecule has 0 saturated heterocycles. The second-order valence-electron chi connectivity index (χ2n) is 4.40. The van der Waals surface area contributed by atoms with E-state index in [1.807, 2.05) is 0 Å². The third-order valence-electron chi connectivity index (χ3n) is 2.65. The first kappa shape index (κ1) is 14.2. The van der Waals surface area contributed by atoms with Gasteiger partial charge < -0.3 is 10.2 Å². The van der Waals surface area contributed by atoms with Gasteiger partial charge >= 0.3 is 0 Å². The summed E-state index contributed by atoms with van der Waals surface area (Å²) in [5.41, 5.74) is 3.69. The van der Waals surface area contributed by atoms with E-state index >= 15 is 0 Å². The molecule has 6 heteroatoms. The summed E-state index contributed by atoms with van der Waals surface area (Å²) in [6.45, 7) is 0. The van der Waals surface area contributed by atoms with Crippen LogP contribution in [0.3, 0.4) is 0 Å². The van der Waals surface area contributed by atoms with Crippen LogP contribution in [-0.2, 0) is 0 Å². The van der Waals surface area contributed by atoms with E-state index in [0.717, 1.165) is 6.20 Å². The lowest BCUT2D eigenvalue weighted by molar-refractivity contribution is 0.412. The molecule has 0 radical (unpaired) electrons. The summed E-state index contributed by atoms with van der Waals surface area (Å²) >= 11 is 0. The molecule has 1 heterocycles. The van der Waals surface area contributed by atoms with Crippen molar-refractivity contribution in [1.29, 1.82) is 0 Å². The van der Waals surface area contributed by atoms with Gasteiger partial charge in [0.15, 0.2) is 0 Å². The van der Waals surface area contributed by atoms with E-state index in [1.165, 1.54) is 25.3 Å². The Bertz CT molecular complexity index is 617. The number of anilines is 1. The molecular formula is C14H15F2N3O. The number of pyridine rings is 1. The highest BCUT2D eigenvalue weighted by Crippen LogP contribution is 2.33. The summed E-state index contributed by atoms with van der Waals surface area (Å²) in [6.07, 6.45) is 1.12. The van der Waals surface area contributed by atoms with Gasteiger partial charge in [0.05, 0.1) is 13.3 Å². The summed E-state index contributed by atoms with van der Waals surface area (Å²) in [5, 5.41) is 1.69. The maximum absolute atomic E-state index is 14.0. The van der Waals surface area contributed by atoms with Crippen molar-refractivity contribution in [2.45, 2.75) is 0 Å². The van der Waals surface area contributed by atoms with Crippen LogP contribution in [0.4, 0.5) is 14.6 Å². The van der Waals surface area contributed by atoms with Crippen molar-refractivity contribution in [1.82, 2.24) is 9.99 Å². The van der Waals surface area contributed by atoms with Crippen molar-refractivity contribution in [2.24, 2.45) is 0 Å². The average molecular weight is 279 g/mol. The first-order valence-corrected chi connectivity index (χ1v) is 5.94. The smallest absolute Gasteiger partial charge is 0.149 e. The lowest BCUT2D eigenvalue weighted by atomic mass is 10.1. The molecule has 0 atom stereocenters. The topological polar surface area (TPSA) is 37.4 Å². The number of nitrogens with zero attached hydrogens (tertiary/aromatic N) is 2. The van der Waals surface area contributed by atoms with Crippen LogP contribution in [-0.4, -0.2) is 31.2 Å². The summed E-state index contributed by atoms with van der Waals surface area (Å²) in [7, 11) is 5.00. The number of methoxy groups -OCH3 is 1. The van der Waals surface area contributed by atoms with Crippen LogP contribution < -0.4 is 10.2 Å². The van der Waals surface area contributed by atoms with Gasteiger partial charge in [0, 0.05) is 31.3 Å². The van der Waals surface area contributed by atoms with Crippen LogP contribution in [0.5, 0.6) is 5.75 Å². The molecular weight excluding hydrogens is 264 g/mol. The van der Waals surface area contributed by atoms with Gasteiger partial charge in [0.2, 0.25) is 0 Å². The molecule has 4 nitrogen and oxygen atoms in total. The first-order valence-electron chi connectivity index (χ1n) is 5.94. The Hall–Kier alpha value is -2.21. The largest absolute Gasteiger partial charge is 0.496 e. The van der Waals surface area contributed by atoms with Crippen molar-refractivity contribution in [2.75, 3.05) is 26.6 Å². The minimum absolute atomic E-state index is 0.269. The molecule has 20 heavy (non-hydrogen) atoms. The number of hydrazine groups is 1. The SMILES string of the molecule is COc1cc(F)ccc1-c1cc(NN(C)C)ncc1F. The average Bonchev–Trinajstić information content (AvgIpc) is 2.40. The lowest BCUT2D eigenvalue weighted by Gasteiger charge is -2.15. The van der Waals surface area contributed by atoms with Crippen LogP contribution in [0.25, 0.3) is 11.1 Å². The fraction of sp³-hybridized carbons (Fsp3) is 0.214. The second kappa shape index (κ2) is 5.83. The minimum atomic E-state index is -0.501. The molecule has 1 N–H and O–H groups in total. The van der Waals surface area contributed by atoms with E-state index in [0.29, 0.717) is 16.9 Å². The number of benzene rings is 1. The van der Waals surface area contributed by atoms with Gasteiger partial charge in [0.25, 0.3) is 0 Å². The minimum Gasteiger partial charge on any atom is -0.496 e. The maximum atomic E-state index is 14.0. The summed E-state index contributed by atoms with van der Waals surface area (Å²) in [5.74, 6) is -0.186. The highest BCUT2D eigenvalue weighted by atomic mass is 19.1. The fourth-order valence-corrected chi connectivity index (χ4v) is 1.82. The number of aromatic nitrogens is 1. The molecule has 0 bridgehead atoms. The number of nitrogens with one attached hydrogen (secondary N) is 1. The number of rotatable bonds is 4. The molecule has 2 aromatic rings. The molecule has 1 aromatic carbocycles. The summed E-state index contributed by atoms with van der Waals surface area (Å²) in [4.78, 5) is 3.93.